The molecular weight excluding hydrogens is 707 g/mol. The third-order valence-corrected chi connectivity index (χ3v) is 11.7. The lowest BCUT2D eigenvalue weighted by atomic mass is 10.0. The smallest absolute Gasteiger partial charge is 0.268 e. The van der Waals surface area contributed by atoms with Crippen LogP contribution in [0.15, 0.2) is 12.2 Å². The third-order valence-electron chi connectivity index (χ3n) is 10.7. The normalized spacial score (nSPS) is 14.4. The molecule has 0 aromatic heterocycles. The summed E-state index contributed by atoms with van der Waals surface area (Å²) in [6.07, 6.45) is 43.9. The zero-order valence-corrected chi connectivity index (χ0v) is 38.0. The van der Waals surface area contributed by atoms with E-state index in [1.54, 1.807) is 6.08 Å². The summed E-state index contributed by atoms with van der Waals surface area (Å²) >= 11 is 0. The molecule has 1 amide bonds. The average molecular weight is 801 g/mol. The van der Waals surface area contributed by atoms with Crippen molar-refractivity contribution in [3.05, 3.63) is 12.2 Å². The van der Waals surface area contributed by atoms with Crippen molar-refractivity contribution in [1.82, 2.24) is 5.32 Å². The highest BCUT2D eigenvalue weighted by Crippen LogP contribution is 2.38. The minimum Gasteiger partial charge on any atom is -0.756 e. The van der Waals surface area contributed by atoms with Crippen molar-refractivity contribution in [3.63, 3.8) is 0 Å². The highest BCUT2D eigenvalue weighted by Gasteiger charge is 2.23. The fourth-order valence-corrected chi connectivity index (χ4v) is 7.70. The lowest BCUT2D eigenvalue weighted by Gasteiger charge is -2.29. The number of likely N-dealkylation sites (N-methyl/N-ethyl adjacent to an activating group) is 1. The Bertz CT molecular complexity index is 911. The Morgan fingerprint density at radius 1 is 0.618 bits per heavy atom. The predicted molar refractivity (Wildman–Crippen MR) is 233 cm³/mol. The number of phosphoric acid groups is 1. The molecule has 3 unspecified atom stereocenters. The van der Waals surface area contributed by atoms with E-state index in [1.807, 2.05) is 27.2 Å². The molecule has 9 heteroatoms. The number of unbranched alkanes of at least 4 members (excludes halogenated alkanes) is 30. The number of nitrogens with one attached hydrogen (secondary N) is 1. The Hall–Kier alpha value is -0.760. The van der Waals surface area contributed by atoms with Gasteiger partial charge in [-0.25, -0.2) is 0 Å². The molecule has 0 aliphatic heterocycles. The SMILES string of the molecule is CCCCCCCCCCCCCCCCCCC/C=C/C(O)C(COP(=O)([O-])OCC[N+](C)(C)C)NC(=O)CCCCCCCCCCCCCCCC. The highest BCUT2D eigenvalue weighted by atomic mass is 31.2. The summed E-state index contributed by atoms with van der Waals surface area (Å²) in [5.74, 6) is -0.195. The Morgan fingerprint density at radius 3 is 1.36 bits per heavy atom. The first-order valence-corrected chi connectivity index (χ1v) is 25.0. The average Bonchev–Trinajstić information content (AvgIpc) is 3.13. The van der Waals surface area contributed by atoms with Crippen molar-refractivity contribution in [2.45, 2.75) is 238 Å². The van der Waals surface area contributed by atoms with Gasteiger partial charge in [-0.1, -0.05) is 212 Å². The third kappa shape index (κ3) is 41.2. The Morgan fingerprint density at radius 2 is 0.982 bits per heavy atom. The van der Waals surface area contributed by atoms with Gasteiger partial charge in [0.15, 0.2) is 0 Å². The fourth-order valence-electron chi connectivity index (χ4n) is 6.98. The number of hydrogen-bond acceptors (Lipinski definition) is 6. The number of carbonyl (C=O) groups is 1. The molecule has 0 saturated carbocycles. The van der Waals surface area contributed by atoms with Crippen LogP contribution < -0.4 is 10.2 Å². The first-order valence-electron chi connectivity index (χ1n) is 23.6. The Kier molecular flexibility index (Phi) is 38.2. The van der Waals surface area contributed by atoms with Gasteiger partial charge < -0.3 is 28.8 Å². The van der Waals surface area contributed by atoms with Gasteiger partial charge in [0.25, 0.3) is 7.82 Å². The number of hydrogen-bond donors (Lipinski definition) is 2. The molecule has 328 valence electrons. The van der Waals surface area contributed by atoms with Crippen LogP contribution in [-0.2, 0) is 18.4 Å². The molecule has 3 atom stereocenters. The van der Waals surface area contributed by atoms with Crippen molar-refractivity contribution in [3.8, 4) is 0 Å². The number of aliphatic hydroxyl groups excluding tert-OH is 1. The standard InChI is InChI=1S/C46H93N2O6P/c1-6-8-10-12-14-16-18-20-22-23-24-25-26-27-29-31-33-35-37-39-45(49)44(43-54-55(51,52)53-42-41-48(3,4)5)47-46(50)40-38-36-34-32-30-28-21-19-17-15-13-11-9-7-2/h37,39,44-45,49H,6-36,38,40-43H2,1-5H3,(H-,47,50,51,52)/b39-37+. The molecule has 0 radical (unpaired) electrons. The van der Waals surface area contributed by atoms with E-state index >= 15 is 0 Å². The molecule has 55 heavy (non-hydrogen) atoms. The van der Waals surface area contributed by atoms with E-state index < -0.39 is 20.0 Å². The number of allylic oxidation sites excluding steroid dienone is 1. The van der Waals surface area contributed by atoms with E-state index in [0.29, 0.717) is 17.4 Å². The molecule has 0 aromatic rings. The topological polar surface area (TPSA) is 108 Å². The molecule has 0 aromatic carbocycles. The second kappa shape index (κ2) is 38.7. The molecule has 8 nitrogen and oxygen atoms in total. The van der Waals surface area contributed by atoms with Gasteiger partial charge in [-0.2, -0.15) is 0 Å². The molecule has 0 rings (SSSR count). The number of carbonyl (C=O) groups excluding carboxylic acids is 1. The monoisotopic (exact) mass is 801 g/mol. The first kappa shape index (κ1) is 54.2. The zero-order chi connectivity index (χ0) is 40.7. The van der Waals surface area contributed by atoms with Crippen LogP contribution >= 0.6 is 7.82 Å². The summed E-state index contributed by atoms with van der Waals surface area (Å²) in [6.45, 7) is 4.67. The summed E-state index contributed by atoms with van der Waals surface area (Å²) in [5.41, 5.74) is 0. The number of aliphatic hydroxyl groups is 1. The van der Waals surface area contributed by atoms with Crippen LogP contribution in [0.4, 0.5) is 0 Å². The van der Waals surface area contributed by atoms with Crippen LogP contribution in [0, 0.1) is 0 Å². The maximum absolute atomic E-state index is 12.9. The molecule has 2 N–H and O–H groups in total. The minimum absolute atomic E-state index is 0.00222. The van der Waals surface area contributed by atoms with Crippen LogP contribution in [0.2, 0.25) is 0 Å². The fraction of sp³-hybridized carbons (Fsp3) is 0.935. The molecule has 0 fully saturated rings. The summed E-state index contributed by atoms with van der Waals surface area (Å²) in [5, 5.41) is 13.8. The van der Waals surface area contributed by atoms with Gasteiger partial charge in [-0.3, -0.25) is 9.36 Å². The van der Waals surface area contributed by atoms with E-state index in [0.717, 1.165) is 38.5 Å². The number of nitrogens with zero attached hydrogens (tertiary/aromatic N) is 1. The quantitative estimate of drug-likeness (QED) is 0.0275. The van der Waals surface area contributed by atoms with Gasteiger partial charge >= 0.3 is 0 Å². The van der Waals surface area contributed by atoms with Gasteiger partial charge in [0.1, 0.15) is 13.2 Å². The van der Waals surface area contributed by atoms with Crippen LogP contribution in [0.5, 0.6) is 0 Å². The molecular formula is C46H93N2O6P. The maximum Gasteiger partial charge on any atom is 0.268 e. The second-order valence-corrected chi connectivity index (χ2v) is 18.9. The number of amides is 1. The first-order chi connectivity index (χ1) is 26.5. The zero-order valence-electron chi connectivity index (χ0n) is 37.1. The van der Waals surface area contributed by atoms with E-state index in [-0.39, 0.29) is 19.1 Å². The van der Waals surface area contributed by atoms with Gasteiger partial charge in [0.05, 0.1) is 39.9 Å². The Labute approximate surface area is 342 Å². The van der Waals surface area contributed by atoms with Crippen LogP contribution in [-0.4, -0.2) is 68.5 Å². The van der Waals surface area contributed by atoms with Gasteiger partial charge in [0, 0.05) is 6.42 Å². The summed E-state index contributed by atoms with van der Waals surface area (Å²) < 4.78 is 23.2. The highest BCUT2D eigenvalue weighted by molar-refractivity contribution is 7.45. The van der Waals surface area contributed by atoms with Crippen LogP contribution in [0.3, 0.4) is 0 Å². The van der Waals surface area contributed by atoms with E-state index in [4.69, 9.17) is 9.05 Å². The molecule has 0 heterocycles. The number of quaternary nitrogens is 1. The van der Waals surface area contributed by atoms with Gasteiger partial charge in [0.2, 0.25) is 5.91 Å². The molecule has 0 bridgehead atoms. The van der Waals surface area contributed by atoms with E-state index in [1.165, 1.54) is 167 Å². The number of phosphoric ester groups is 1. The van der Waals surface area contributed by atoms with Crippen molar-refractivity contribution in [2.24, 2.45) is 0 Å². The summed E-state index contributed by atoms with van der Waals surface area (Å²) in [6, 6.07) is -0.879. The second-order valence-electron chi connectivity index (χ2n) is 17.5. The number of rotatable bonds is 43. The van der Waals surface area contributed by atoms with Gasteiger partial charge in [-0.05, 0) is 19.3 Å². The van der Waals surface area contributed by atoms with Crippen LogP contribution in [0.1, 0.15) is 226 Å². The lowest BCUT2D eigenvalue weighted by Crippen LogP contribution is -2.45. The van der Waals surface area contributed by atoms with Crippen molar-refractivity contribution >= 4 is 13.7 Å². The minimum atomic E-state index is -4.58. The van der Waals surface area contributed by atoms with E-state index in [2.05, 4.69) is 19.2 Å². The van der Waals surface area contributed by atoms with Crippen molar-refractivity contribution in [2.75, 3.05) is 40.9 Å². The maximum atomic E-state index is 12.9. The Balaban J connectivity index is 4.35. The van der Waals surface area contributed by atoms with Crippen molar-refractivity contribution in [1.29, 1.82) is 0 Å². The summed E-state index contributed by atoms with van der Waals surface area (Å²) in [4.78, 5) is 25.3. The largest absolute Gasteiger partial charge is 0.756 e. The summed E-state index contributed by atoms with van der Waals surface area (Å²) in [7, 11) is 1.27. The molecule has 0 saturated heterocycles. The van der Waals surface area contributed by atoms with Crippen molar-refractivity contribution < 1.29 is 32.9 Å². The van der Waals surface area contributed by atoms with E-state index in [9.17, 15) is 19.4 Å². The molecule has 0 spiro atoms. The van der Waals surface area contributed by atoms with Crippen LogP contribution in [0.25, 0.3) is 0 Å². The predicted octanol–water partition coefficient (Wildman–Crippen LogP) is 12.5. The molecule has 0 aliphatic rings. The van der Waals surface area contributed by atoms with Gasteiger partial charge in [-0.15, -0.1) is 0 Å². The lowest BCUT2D eigenvalue weighted by molar-refractivity contribution is -0.870. The molecule has 0 aliphatic carbocycles.